The highest BCUT2D eigenvalue weighted by molar-refractivity contribution is 7.09. The van der Waals surface area contributed by atoms with Crippen molar-refractivity contribution in [3.63, 3.8) is 0 Å². The Bertz CT molecular complexity index is 1110. The van der Waals surface area contributed by atoms with E-state index < -0.39 is 11.9 Å². The molecule has 0 spiro atoms. The largest absolute Gasteiger partial charge is 0.395 e. The van der Waals surface area contributed by atoms with Crippen LogP contribution in [-0.2, 0) is 4.79 Å². The lowest BCUT2D eigenvalue weighted by atomic mass is 9.95. The third-order valence-corrected chi connectivity index (χ3v) is 7.85. The van der Waals surface area contributed by atoms with Gasteiger partial charge in [0.25, 0.3) is 11.8 Å². The number of benzene rings is 1. The van der Waals surface area contributed by atoms with E-state index in [9.17, 15) is 14.4 Å². The van der Waals surface area contributed by atoms with E-state index in [0.29, 0.717) is 24.6 Å². The van der Waals surface area contributed by atoms with Crippen molar-refractivity contribution >= 4 is 40.6 Å². The molecule has 4 N–H and O–H groups in total. The van der Waals surface area contributed by atoms with Gasteiger partial charge in [0.1, 0.15) is 10.9 Å². The van der Waals surface area contributed by atoms with E-state index in [4.69, 9.17) is 5.73 Å². The van der Waals surface area contributed by atoms with Crippen LogP contribution in [0.15, 0.2) is 24.3 Å². The van der Waals surface area contributed by atoms with Crippen LogP contribution in [0.1, 0.15) is 98.4 Å². The number of nitrogens with two attached hydrogens (primary N) is 1. The topological polar surface area (TPSA) is 117 Å². The summed E-state index contributed by atoms with van der Waals surface area (Å²) < 4.78 is 4.29. The average molecular weight is 542 g/mol. The maximum absolute atomic E-state index is 14.2. The van der Waals surface area contributed by atoms with E-state index in [1.165, 1.54) is 6.42 Å². The summed E-state index contributed by atoms with van der Waals surface area (Å²) in [5.74, 6) is -0.365. The van der Waals surface area contributed by atoms with Crippen molar-refractivity contribution in [1.82, 2.24) is 15.0 Å². The molecule has 1 aliphatic rings. The molecule has 1 heterocycles. The van der Waals surface area contributed by atoms with Crippen LogP contribution in [0, 0.1) is 18.8 Å². The number of aryl methyl sites for hydroxylation is 1. The third-order valence-electron chi connectivity index (χ3n) is 7.00. The Labute approximate surface area is 230 Å². The maximum atomic E-state index is 14.2. The zero-order valence-corrected chi connectivity index (χ0v) is 24.2. The first-order valence-corrected chi connectivity index (χ1v) is 14.6. The van der Waals surface area contributed by atoms with Crippen molar-refractivity contribution in [2.75, 3.05) is 17.2 Å². The lowest BCUT2D eigenvalue weighted by Crippen LogP contribution is -2.51. The number of para-hydroxylation sites is 1. The smallest absolute Gasteiger partial charge is 0.273 e. The van der Waals surface area contributed by atoms with Gasteiger partial charge in [-0.15, -0.1) is 0 Å². The summed E-state index contributed by atoms with van der Waals surface area (Å²) in [6.07, 6.45) is 6.55. The zero-order chi connectivity index (χ0) is 27.8. The Morgan fingerprint density at radius 3 is 2.39 bits per heavy atom. The zero-order valence-electron chi connectivity index (χ0n) is 23.4. The number of nitrogens with zero attached hydrogens (tertiary/aromatic N) is 2. The molecule has 0 bridgehead atoms. The van der Waals surface area contributed by atoms with Gasteiger partial charge in [0.15, 0.2) is 5.69 Å². The second-order valence-electron chi connectivity index (χ2n) is 11.2. The Morgan fingerprint density at radius 1 is 1.08 bits per heavy atom. The monoisotopic (exact) mass is 541 g/mol. The summed E-state index contributed by atoms with van der Waals surface area (Å²) in [6.45, 7) is 10.7. The lowest BCUT2D eigenvalue weighted by molar-refractivity contribution is -0.122. The number of rotatable bonds is 11. The van der Waals surface area contributed by atoms with Crippen molar-refractivity contribution in [2.24, 2.45) is 11.8 Å². The van der Waals surface area contributed by atoms with Gasteiger partial charge in [0, 0.05) is 18.3 Å². The molecule has 1 aromatic carbocycles. The van der Waals surface area contributed by atoms with Gasteiger partial charge in [0.05, 0.1) is 5.69 Å². The fourth-order valence-electron chi connectivity index (χ4n) is 4.86. The van der Waals surface area contributed by atoms with E-state index in [1.54, 1.807) is 4.90 Å². The highest BCUT2D eigenvalue weighted by atomic mass is 32.1. The molecule has 0 unspecified atom stereocenters. The predicted octanol–water partition coefficient (Wildman–Crippen LogP) is 5.32. The van der Waals surface area contributed by atoms with Crippen LogP contribution in [0.3, 0.4) is 0 Å². The molecule has 2 aromatic rings. The van der Waals surface area contributed by atoms with E-state index in [2.05, 4.69) is 28.9 Å². The summed E-state index contributed by atoms with van der Waals surface area (Å²) >= 11 is 0.915. The molecule has 1 aliphatic carbocycles. The normalized spacial score (nSPS) is 14.9. The van der Waals surface area contributed by atoms with Gasteiger partial charge >= 0.3 is 0 Å². The molecule has 1 atom stereocenters. The number of nitrogen functional groups attached to an aromatic ring is 1. The highest BCUT2D eigenvalue weighted by Gasteiger charge is 2.36. The number of amides is 3. The standard InChI is InChI=1S/C29H43N5O3S/c1-18(2)15-16-31-27(35)23(17-19(3)4)34(22-14-10-9-11-20(22)5)29(37)26-24(30)25(33-38-26)28(36)32-21-12-7-6-8-13-21/h9-11,14,18-19,21,23H,6-8,12-13,15-17,30H2,1-5H3,(H,31,35)(H,32,36)/t23-/m0/s1. The number of hydrogen-bond donors (Lipinski definition) is 3. The van der Waals surface area contributed by atoms with Crippen LogP contribution in [0.4, 0.5) is 11.4 Å². The number of aromatic nitrogens is 1. The Kier molecular flexibility index (Phi) is 10.7. The fourth-order valence-corrected chi connectivity index (χ4v) is 5.59. The van der Waals surface area contributed by atoms with Crippen LogP contribution in [-0.4, -0.2) is 40.7 Å². The van der Waals surface area contributed by atoms with Crippen molar-refractivity contribution < 1.29 is 14.4 Å². The first-order valence-electron chi connectivity index (χ1n) is 13.8. The second kappa shape index (κ2) is 13.7. The number of hydrogen-bond acceptors (Lipinski definition) is 6. The predicted molar refractivity (Wildman–Crippen MR) is 155 cm³/mol. The molecule has 3 amide bonds. The van der Waals surface area contributed by atoms with Crippen LogP contribution in [0.25, 0.3) is 0 Å². The minimum Gasteiger partial charge on any atom is -0.395 e. The van der Waals surface area contributed by atoms with Gasteiger partial charge in [-0.05, 0) is 67.6 Å². The van der Waals surface area contributed by atoms with Crippen LogP contribution in [0.5, 0.6) is 0 Å². The molecule has 0 radical (unpaired) electrons. The first kappa shape index (κ1) is 29.6. The number of carbonyl (C=O) groups is 3. The molecule has 208 valence electrons. The molecule has 38 heavy (non-hydrogen) atoms. The maximum Gasteiger partial charge on any atom is 0.273 e. The summed E-state index contributed by atoms with van der Waals surface area (Å²) in [4.78, 5) is 42.4. The quantitative estimate of drug-likeness (QED) is 0.356. The van der Waals surface area contributed by atoms with Gasteiger partial charge < -0.3 is 16.4 Å². The van der Waals surface area contributed by atoms with Crippen LogP contribution < -0.4 is 21.3 Å². The van der Waals surface area contributed by atoms with Gasteiger partial charge in [0.2, 0.25) is 5.91 Å². The molecule has 8 nitrogen and oxygen atoms in total. The third kappa shape index (κ3) is 7.56. The lowest BCUT2D eigenvalue weighted by Gasteiger charge is -2.33. The van der Waals surface area contributed by atoms with Gasteiger partial charge in [-0.2, -0.15) is 4.37 Å². The molecule has 3 rings (SSSR count). The molecule has 1 saturated carbocycles. The van der Waals surface area contributed by atoms with Gasteiger partial charge in [-0.25, -0.2) is 0 Å². The average Bonchev–Trinajstić information content (AvgIpc) is 3.26. The van der Waals surface area contributed by atoms with Gasteiger partial charge in [-0.1, -0.05) is 65.2 Å². The fraction of sp³-hybridized carbons (Fsp3) is 0.586. The highest BCUT2D eigenvalue weighted by Crippen LogP contribution is 2.31. The minimum absolute atomic E-state index is 0.0652. The van der Waals surface area contributed by atoms with Gasteiger partial charge in [-0.3, -0.25) is 19.3 Å². The van der Waals surface area contributed by atoms with E-state index in [-0.39, 0.29) is 40.0 Å². The minimum atomic E-state index is -0.739. The van der Waals surface area contributed by atoms with Crippen molar-refractivity contribution in [3.05, 3.63) is 40.4 Å². The van der Waals surface area contributed by atoms with E-state index in [0.717, 1.165) is 49.2 Å². The molecular formula is C29H43N5O3S. The molecule has 1 aromatic heterocycles. The second-order valence-corrected chi connectivity index (χ2v) is 11.9. The van der Waals surface area contributed by atoms with E-state index in [1.807, 2.05) is 45.0 Å². The summed E-state index contributed by atoms with van der Waals surface area (Å²) in [7, 11) is 0. The first-order chi connectivity index (χ1) is 18.1. The molecule has 0 saturated heterocycles. The summed E-state index contributed by atoms with van der Waals surface area (Å²) in [5, 5.41) is 6.07. The van der Waals surface area contributed by atoms with Crippen molar-refractivity contribution in [1.29, 1.82) is 0 Å². The van der Waals surface area contributed by atoms with Crippen LogP contribution >= 0.6 is 11.5 Å². The Hall–Kier alpha value is -2.94. The number of nitrogens with one attached hydrogen (secondary N) is 2. The van der Waals surface area contributed by atoms with Crippen LogP contribution in [0.2, 0.25) is 0 Å². The summed E-state index contributed by atoms with van der Waals surface area (Å²) in [5.41, 5.74) is 8.04. The number of carbonyl (C=O) groups excluding carboxylic acids is 3. The Balaban J connectivity index is 1.95. The molecule has 9 heteroatoms. The van der Waals surface area contributed by atoms with E-state index >= 15 is 0 Å². The molecule has 1 fully saturated rings. The van der Waals surface area contributed by atoms with Crippen molar-refractivity contribution in [3.8, 4) is 0 Å². The Morgan fingerprint density at radius 2 is 1.76 bits per heavy atom. The SMILES string of the molecule is Cc1ccccc1N(C(=O)c1snc(C(=O)NC2CCCCC2)c1N)[C@@H](CC(C)C)C(=O)NCCC(C)C. The summed E-state index contributed by atoms with van der Waals surface area (Å²) in [6, 6.07) is 6.87. The van der Waals surface area contributed by atoms with Crippen molar-refractivity contribution in [2.45, 2.75) is 91.6 Å². The number of anilines is 2. The molecular weight excluding hydrogens is 498 g/mol. The molecule has 0 aliphatic heterocycles.